The van der Waals surface area contributed by atoms with Gasteiger partial charge in [0.15, 0.2) is 5.11 Å². The van der Waals surface area contributed by atoms with Gasteiger partial charge in [-0.05, 0) is 43.3 Å². The van der Waals surface area contributed by atoms with Crippen LogP contribution < -0.4 is 10.6 Å². The molecule has 0 aromatic heterocycles. The van der Waals surface area contributed by atoms with Crippen molar-refractivity contribution in [1.82, 2.24) is 10.2 Å². The maximum atomic E-state index is 6.01. The number of benzene rings is 1. The van der Waals surface area contributed by atoms with Crippen molar-refractivity contribution in [3.63, 3.8) is 0 Å². The van der Waals surface area contributed by atoms with Gasteiger partial charge in [-0.1, -0.05) is 36.9 Å². The number of nitrogens with one attached hydrogen (secondary N) is 2. The van der Waals surface area contributed by atoms with Gasteiger partial charge in [0.25, 0.3) is 0 Å². The number of guanidine groups is 1. The molecular formula is C16H21ClN4S. The van der Waals surface area contributed by atoms with Crippen LogP contribution in [0.1, 0.15) is 32.1 Å². The third kappa shape index (κ3) is 3.90. The zero-order valence-electron chi connectivity index (χ0n) is 12.5. The summed E-state index contributed by atoms with van der Waals surface area (Å²) >= 11 is 11.5. The van der Waals surface area contributed by atoms with E-state index in [-0.39, 0.29) is 0 Å². The molecule has 1 aromatic carbocycles. The Labute approximate surface area is 141 Å². The van der Waals surface area contributed by atoms with E-state index in [2.05, 4.69) is 15.6 Å². The van der Waals surface area contributed by atoms with Gasteiger partial charge in [0.2, 0.25) is 5.96 Å². The van der Waals surface area contributed by atoms with Crippen LogP contribution in [0.2, 0.25) is 5.02 Å². The zero-order valence-corrected chi connectivity index (χ0v) is 14.1. The predicted molar refractivity (Wildman–Crippen MR) is 96.7 cm³/mol. The lowest BCUT2D eigenvalue weighted by atomic mass is 9.96. The van der Waals surface area contributed by atoms with Crippen LogP contribution in [-0.4, -0.2) is 35.1 Å². The van der Waals surface area contributed by atoms with Crippen molar-refractivity contribution in [2.75, 3.05) is 18.4 Å². The van der Waals surface area contributed by atoms with E-state index in [9.17, 15) is 0 Å². The highest BCUT2D eigenvalue weighted by atomic mass is 35.5. The maximum Gasteiger partial charge on any atom is 0.200 e. The van der Waals surface area contributed by atoms with Crippen LogP contribution in [0.3, 0.4) is 0 Å². The van der Waals surface area contributed by atoms with E-state index < -0.39 is 0 Å². The molecule has 2 aliphatic rings. The van der Waals surface area contributed by atoms with Crippen LogP contribution in [0, 0.1) is 0 Å². The number of rotatable bonds is 2. The first-order valence-corrected chi connectivity index (χ1v) is 8.66. The maximum absolute atomic E-state index is 6.01. The molecule has 0 radical (unpaired) electrons. The molecule has 0 saturated heterocycles. The van der Waals surface area contributed by atoms with Gasteiger partial charge >= 0.3 is 0 Å². The smallest absolute Gasteiger partial charge is 0.200 e. The average Bonchev–Trinajstić information content (AvgIpc) is 2.96. The minimum Gasteiger partial charge on any atom is -0.353 e. The summed E-state index contributed by atoms with van der Waals surface area (Å²) in [5.74, 6) is 0.909. The first-order chi connectivity index (χ1) is 10.7. The fourth-order valence-corrected chi connectivity index (χ4v) is 3.44. The van der Waals surface area contributed by atoms with E-state index >= 15 is 0 Å². The summed E-state index contributed by atoms with van der Waals surface area (Å²) in [5, 5.41) is 8.18. The van der Waals surface area contributed by atoms with E-state index in [0.29, 0.717) is 16.2 Å². The van der Waals surface area contributed by atoms with Crippen molar-refractivity contribution in [3.05, 3.63) is 29.3 Å². The first-order valence-electron chi connectivity index (χ1n) is 7.87. The molecule has 3 rings (SSSR count). The summed E-state index contributed by atoms with van der Waals surface area (Å²) in [4.78, 5) is 6.62. The second-order valence-electron chi connectivity index (χ2n) is 5.78. The summed E-state index contributed by atoms with van der Waals surface area (Å²) < 4.78 is 0. The van der Waals surface area contributed by atoms with Crippen LogP contribution in [0.25, 0.3) is 0 Å². The average molecular weight is 337 g/mol. The molecule has 1 fully saturated rings. The molecule has 0 unspecified atom stereocenters. The monoisotopic (exact) mass is 336 g/mol. The Kier molecular flexibility index (Phi) is 5.16. The third-order valence-electron chi connectivity index (χ3n) is 4.10. The number of aliphatic imine (C=N–C) groups is 1. The van der Waals surface area contributed by atoms with Crippen molar-refractivity contribution >= 4 is 40.6 Å². The minimum absolute atomic E-state index is 0.530. The number of halogens is 1. The molecule has 1 aliphatic heterocycles. The molecule has 4 nitrogen and oxygen atoms in total. The van der Waals surface area contributed by atoms with E-state index in [0.717, 1.165) is 24.7 Å². The lowest BCUT2D eigenvalue weighted by Gasteiger charge is -2.28. The Bertz CT molecular complexity index is 569. The van der Waals surface area contributed by atoms with Crippen LogP contribution in [0.15, 0.2) is 29.3 Å². The highest BCUT2D eigenvalue weighted by molar-refractivity contribution is 7.80. The zero-order chi connectivity index (χ0) is 15.4. The van der Waals surface area contributed by atoms with Crippen LogP contribution >= 0.6 is 23.8 Å². The Morgan fingerprint density at radius 1 is 1.27 bits per heavy atom. The van der Waals surface area contributed by atoms with Crippen LogP contribution in [0.4, 0.5) is 5.69 Å². The summed E-state index contributed by atoms with van der Waals surface area (Å²) in [6, 6.07) is 8.12. The quantitative estimate of drug-likeness (QED) is 0.809. The molecular weight excluding hydrogens is 316 g/mol. The van der Waals surface area contributed by atoms with Gasteiger partial charge in [-0.15, -0.1) is 0 Å². The minimum atomic E-state index is 0.530. The predicted octanol–water partition coefficient (Wildman–Crippen LogP) is 3.63. The second-order valence-corrected chi connectivity index (χ2v) is 6.60. The molecule has 1 heterocycles. The number of anilines is 1. The van der Waals surface area contributed by atoms with Crippen molar-refractivity contribution in [1.29, 1.82) is 0 Å². The molecule has 1 aromatic rings. The fraction of sp³-hybridized carbons (Fsp3) is 0.500. The SMILES string of the molecule is S=C(Nc1cccc(Cl)c1)N1CCN=C1NC1CCCCC1. The molecule has 22 heavy (non-hydrogen) atoms. The molecule has 1 aliphatic carbocycles. The normalized spacial score (nSPS) is 19.0. The molecule has 0 spiro atoms. The van der Waals surface area contributed by atoms with Crippen molar-refractivity contribution in [3.8, 4) is 0 Å². The molecule has 0 bridgehead atoms. The van der Waals surface area contributed by atoms with E-state index in [1.54, 1.807) is 0 Å². The summed E-state index contributed by atoms with van der Waals surface area (Å²) in [5.41, 5.74) is 0.904. The number of thiocarbonyl (C=S) groups is 1. The van der Waals surface area contributed by atoms with Crippen LogP contribution in [0.5, 0.6) is 0 Å². The van der Waals surface area contributed by atoms with Gasteiger partial charge in [0, 0.05) is 23.3 Å². The van der Waals surface area contributed by atoms with Gasteiger partial charge in [-0.3, -0.25) is 9.89 Å². The fourth-order valence-electron chi connectivity index (χ4n) is 2.96. The Morgan fingerprint density at radius 2 is 2.09 bits per heavy atom. The topological polar surface area (TPSA) is 39.7 Å². The highest BCUT2D eigenvalue weighted by Gasteiger charge is 2.24. The lowest BCUT2D eigenvalue weighted by Crippen LogP contribution is -2.48. The van der Waals surface area contributed by atoms with Crippen molar-refractivity contribution in [2.24, 2.45) is 4.99 Å². The Hall–Kier alpha value is -1.33. The van der Waals surface area contributed by atoms with Gasteiger partial charge in [-0.25, -0.2) is 0 Å². The first kappa shape index (κ1) is 15.6. The van der Waals surface area contributed by atoms with Crippen molar-refractivity contribution < 1.29 is 0 Å². The number of hydrogen-bond acceptors (Lipinski definition) is 3. The lowest BCUT2D eigenvalue weighted by molar-refractivity contribution is 0.405. The Morgan fingerprint density at radius 3 is 2.86 bits per heavy atom. The molecule has 2 N–H and O–H groups in total. The summed E-state index contributed by atoms with van der Waals surface area (Å²) in [7, 11) is 0. The summed E-state index contributed by atoms with van der Waals surface area (Å²) in [6.45, 7) is 1.61. The largest absolute Gasteiger partial charge is 0.353 e. The number of nitrogens with zero attached hydrogens (tertiary/aromatic N) is 2. The van der Waals surface area contributed by atoms with Gasteiger partial charge < -0.3 is 10.6 Å². The number of hydrogen-bond donors (Lipinski definition) is 2. The Balaban J connectivity index is 1.60. The van der Waals surface area contributed by atoms with E-state index in [1.165, 1.54) is 32.1 Å². The molecule has 0 atom stereocenters. The standard InChI is InChI=1S/C16H21ClN4S/c17-12-5-4-8-14(11-12)20-16(22)21-10-9-18-15(21)19-13-6-2-1-3-7-13/h4-5,8,11,13H,1-3,6-7,9-10H2,(H,18,19)(H,20,22). The molecule has 118 valence electrons. The van der Waals surface area contributed by atoms with Crippen molar-refractivity contribution in [2.45, 2.75) is 38.1 Å². The summed E-state index contributed by atoms with van der Waals surface area (Å²) in [6.07, 6.45) is 6.40. The molecule has 1 saturated carbocycles. The van der Waals surface area contributed by atoms with Gasteiger partial charge in [-0.2, -0.15) is 0 Å². The third-order valence-corrected chi connectivity index (χ3v) is 4.66. The highest BCUT2D eigenvalue weighted by Crippen LogP contribution is 2.19. The molecule has 6 heteroatoms. The van der Waals surface area contributed by atoms with Gasteiger partial charge in [0.05, 0.1) is 6.54 Å². The van der Waals surface area contributed by atoms with Gasteiger partial charge in [0.1, 0.15) is 0 Å². The molecule has 0 amide bonds. The van der Waals surface area contributed by atoms with E-state index in [1.807, 2.05) is 29.2 Å². The van der Waals surface area contributed by atoms with Crippen LogP contribution in [-0.2, 0) is 0 Å². The van der Waals surface area contributed by atoms with E-state index in [4.69, 9.17) is 23.8 Å². The second kappa shape index (κ2) is 7.29.